The third kappa shape index (κ3) is 7.67. The number of guanidine groups is 1. The maximum absolute atomic E-state index is 4.59. The molecule has 1 heterocycles. The van der Waals surface area contributed by atoms with Gasteiger partial charge in [-0.15, -0.1) is 24.0 Å². The first-order valence-electron chi connectivity index (χ1n) is 7.12. The molecule has 0 aliphatic carbocycles. The molecule has 1 aromatic heterocycles. The van der Waals surface area contributed by atoms with Gasteiger partial charge < -0.3 is 10.6 Å². The molecule has 1 unspecified atom stereocenters. The molecule has 0 saturated heterocycles. The van der Waals surface area contributed by atoms with Crippen LogP contribution >= 0.6 is 24.0 Å². The zero-order valence-corrected chi connectivity index (χ0v) is 15.3. The third-order valence-electron chi connectivity index (χ3n) is 2.98. The molecule has 0 aliphatic rings. The quantitative estimate of drug-likeness (QED) is 0.446. The fourth-order valence-corrected chi connectivity index (χ4v) is 1.60. The first-order chi connectivity index (χ1) is 9.15. The molecular weight excluding hydrogens is 363 g/mol. The smallest absolute Gasteiger partial charge is 0.191 e. The topological polar surface area (TPSA) is 49.3 Å². The van der Waals surface area contributed by atoms with Crippen LogP contribution in [0.25, 0.3) is 0 Å². The summed E-state index contributed by atoms with van der Waals surface area (Å²) in [4.78, 5) is 8.88. The molecule has 0 amide bonds. The number of halogens is 1. The van der Waals surface area contributed by atoms with Gasteiger partial charge in [-0.2, -0.15) is 0 Å². The van der Waals surface area contributed by atoms with Gasteiger partial charge in [-0.3, -0.25) is 9.98 Å². The average molecular weight is 390 g/mol. The lowest BCUT2D eigenvalue weighted by atomic mass is 10.2. The summed E-state index contributed by atoms with van der Waals surface area (Å²) in [5.41, 5.74) is 2.28. The number of aliphatic imine (C=N–C) groups is 1. The number of hydrogen-bond acceptors (Lipinski definition) is 2. The van der Waals surface area contributed by atoms with Crippen LogP contribution in [0.5, 0.6) is 0 Å². The third-order valence-corrected chi connectivity index (χ3v) is 2.98. The average Bonchev–Trinajstić information content (AvgIpc) is 2.41. The maximum Gasteiger partial charge on any atom is 0.191 e. The molecule has 1 aromatic rings. The van der Waals surface area contributed by atoms with Gasteiger partial charge >= 0.3 is 0 Å². The van der Waals surface area contributed by atoms with Crippen molar-refractivity contribution in [2.24, 2.45) is 4.99 Å². The summed E-state index contributed by atoms with van der Waals surface area (Å²) in [6.45, 7) is 10.1. The van der Waals surface area contributed by atoms with Crippen LogP contribution in [-0.2, 0) is 6.42 Å². The molecule has 4 nitrogen and oxygen atoms in total. The summed E-state index contributed by atoms with van der Waals surface area (Å²) in [5, 5.41) is 6.65. The summed E-state index contributed by atoms with van der Waals surface area (Å²) < 4.78 is 0. The van der Waals surface area contributed by atoms with E-state index in [1.54, 1.807) is 0 Å². The predicted octanol–water partition coefficient (Wildman–Crippen LogP) is 2.90. The first-order valence-corrected chi connectivity index (χ1v) is 7.12. The Morgan fingerprint density at radius 1 is 1.35 bits per heavy atom. The van der Waals surface area contributed by atoms with Crippen LogP contribution in [0.2, 0.25) is 0 Å². The molecule has 0 radical (unpaired) electrons. The second kappa shape index (κ2) is 10.9. The molecule has 0 saturated carbocycles. The van der Waals surface area contributed by atoms with Gasteiger partial charge in [-0.1, -0.05) is 13.0 Å². The van der Waals surface area contributed by atoms with Crippen LogP contribution in [0.3, 0.4) is 0 Å². The van der Waals surface area contributed by atoms with Gasteiger partial charge in [0.05, 0.1) is 0 Å². The van der Waals surface area contributed by atoms with E-state index < -0.39 is 0 Å². The van der Waals surface area contributed by atoms with Crippen molar-refractivity contribution in [2.75, 3.05) is 13.1 Å². The van der Waals surface area contributed by atoms with Gasteiger partial charge in [-0.25, -0.2) is 0 Å². The van der Waals surface area contributed by atoms with Crippen LogP contribution in [0, 0.1) is 6.92 Å². The molecule has 0 aromatic carbocycles. The molecule has 114 valence electrons. The Balaban J connectivity index is 0.00000361. The summed E-state index contributed by atoms with van der Waals surface area (Å²) in [7, 11) is 0. The number of aromatic nitrogens is 1. The first kappa shape index (κ1) is 19.1. The zero-order chi connectivity index (χ0) is 14.1. The molecule has 0 aliphatic heterocycles. The lowest BCUT2D eigenvalue weighted by Gasteiger charge is -2.16. The summed E-state index contributed by atoms with van der Waals surface area (Å²) in [5.74, 6) is 0.900. The number of pyridine rings is 1. The number of rotatable bonds is 6. The number of nitrogens with zero attached hydrogens (tertiary/aromatic N) is 2. The molecule has 2 N–H and O–H groups in total. The van der Waals surface area contributed by atoms with Crippen molar-refractivity contribution in [3.8, 4) is 0 Å². The number of nitrogens with one attached hydrogen (secondary N) is 2. The van der Waals surface area contributed by atoms with Gasteiger partial charge in [0, 0.05) is 31.0 Å². The minimum absolute atomic E-state index is 0. The Morgan fingerprint density at radius 3 is 2.65 bits per heavy atom. The predicted molar refractivity (Wildman–Crippen MR) is 97.0 cm³/mol. The Hall–Kier alpha value is -0.850. The van der Waals surface area contributed by atoms with Crippen molar-refractivity contribution in [2.45, 2.75) is 46.6 Å². The highest BCUT2D eigenvalue weighted by Crippen LogP contribution is 2.00. The van der Waals surface area contributed by atoms with E-state index in [-0.39, 0.29) is 24.0 Å². The minimum Gasteiger partial charge on any atom is -0.357 e. The molecule has 0 bridgehead atoms. The van der Waals surface area contributed by atoms with Gasteiger partial charge in [0.15, 0.2) is 5.96 Å². The van der Waals surface area contributed by atoms with E-state index in [0.717, 1.165) is 37.6 Å². The standard InChI is InChI=1S/C15H26N4.HI/c1-5-12(3)19-15(16-6-2)17-10-9-14-8-7-13(4)18-11-14;/h7-8,11-12H,5-6,9-10H2,1-4H3,(H2,16,17,19);1H. The van der Waals surface area contributed by atoms with Gasteiger partial charge in [0.1, 0.15) is 0 Å². The van der Waals surface area contributed by atoms with Crippen LogP contribution in [0.15, 0.2) is 23.3 Å². The molecule has 20 heavy (non-hydrogen) atoms. The van der Waals surface area contributed by atoms with Crippen LogP contribution < -0.4 is 10.6 Å². The number of aryl methyl sites for hydroxylation is 1. The minimum atomic E-state index is 0. The lowest BCUT2D eigenvalue weighted by Crippen LogP contribution is -2.42. The normalized spacial score (nSPS) is 12.5. The molecule has 5 heteroatoms. The summed E-state index contributed by atoms with van der Waals surface area (Å²) in [6.07, 6.45) is 3.94. The Kier molecular flexibility index (Phi) is 10.4. The summed E-state index contributed by atoms with van der Waals surface area (Å²) in [6, 6.07) is 4.60. The van der Waals surface area contributed by atoms with E-state index in [0.29, 0.717) is 6.04 Å². The SMILES string of the molecule is CCNC(=NCCc1ccc(C)nc1)NC(C)CC.I. The highest BCUT2D eigenvalue weighted by atomic mass is 127. The Labute approximate surface area is 139 Å². The molecule has 0 fully saturated rings. The van der Waals surface area contributed by atoms with E-state index in [2.05, 4.69) is 47.4 Å². The fourth-order valence-electron chi connectivity index (χ4n) is 1.60. The van der Waals surface area contributed by atoms with Gasteiger partial charge in [0.25, 0.3) is 0 Å². The van der Waals surface area contributed by atoms with Crippen LogP contribution in [-0.4, -0.2) is 30.1 Å². The van der Waals surface area contributed by atoms with E-state index in [9.17, 15) is 0 Å². The highest BCUT2D eigenvalue weighted by Gasteiger charge is 2.02. The lowest BCUT2D eigenvalue weighted by molar-refractivity contribution is 0.624. The molecule has 1 rings (SSSR count). The zero-order valence-electron chi connectivity index (χ0n) is 12.9. The van der Waals surface area contributed by atoms with Crippen molar-refractivity contribution < 1.29 is 0 Å². The molecular formula is C15H27IN4. The van der Waals surface area contributed by atoms with E-state index in [4.69, 9.17) is 0 Å². The maximum atomic E-state index is 4.59. The van der Waals surface area contributed by atoms with E-state index >= 15 is 0 Å². The monoisotopic (exact) mass is 390 g/mol. The highest BCUT2D eigenvalue weighted by molar-refractivity contribution is 14.0. The largest absolute Gasteiger partial charge is 0.357 e. The van der Waals surface area contributed by atoms with Gasteiger partial charge in [-0.05, 0) is 45.2 Å². The molecule has 1 atom stereocenters. The van der Waals surface area contributed by atoms with Crippen molar-refractivity contribution in [3.05, 3.63) is 29.6 Å². The van der Waals surface area contributed by atoms with Crippen LogP contribution in [0.4, 0.5) is 0 Å². The van der Waals surface area contributed by atoms with Crippen LogP contribution in [0.1, 0.15) is 38.4 Å². The fraction of sp³-hybridized carbons (Fsp3) is 0.600. The van der Waals surface area contributed by atoms with Crippen molar-refractivity contribution in [1.29, 1.82) is 0 Å². The van der Waals surface area contributed by atoms with Crippen molar-refractivity contribution >= 4 is 29.9 Å². The number of hydrogen-bond donors (Lipinski definition) is 2. The van der Waals surface area contributed by atoms with Crippen molar-refractivity contribution in [1.82, 2.24) is 15.6 Å². The second-order valence-corrected chi connectivity index (χ2v) is 4.77. The van der Waals surface area contributed by atoms with Crippen molar-refractivity contribution in [3.63, 3.8) is 0 Å². The Morgan fingerprint density at radius 2 is 2.10 bits per heavy atom. The molecule has 0 spiro atoms. The van der Waals surface area contributed by atoms with Gasteiger partial charge in [0.2, 0.25) is 0 Å². The summed E-state index contributed by atoms with van der Waals surface area (Å²) >= 11 is 0. The second-order valence-electron chi connectivity index (χ2n) is 4.77. The van der Waals surface area contributed by atoms with E-state index in [1.165, 1.54) is 5.56 Å². The van der Waals surface area contributed by atoms with E-state index in [1.807, 2.05) is 19.2 Å². The Bertz CT molecular complexity index is 389.